The number of amides is 1. The second-order valence-electron chi connectivity index (χ2n) is 6.30. The Morgan fingerprint density at radius 2 is 1.89 bits per heavy atom. The summed E-state index contributed by atoms with van der Waals surface area (Å²) in [5, 5.41) is 6.48. The van der Waals surface area contributed by atoms with Gasteiger partial charge in [0.25, 0.3) is 5.91 Å². The van der Waals surface area contributed by atoms with Crippen LogP contribution >= 0.6 is 0 Å². The summed E-state index contributed by atoms with van der Waals surface area (Å²) < 4.78 is 41.3. The van der Waals surface area contributed by atoms with Gasteiger partial charge in [-0.05, 0) is 19.4 Å². The van der Waals surface area contributed by atoms with E-state index in [2.05, 4.69) is 15.4 Å². The van der Waals surface area contributed by atoms with Gasteiger partial charge in [0.05, 0.1) is 5.69 Å². The third-order valence-electron chi connectivity index (χ3n) is 4.11. The fraction of sp³-hybridized carbons (Fsp3) is 0.316. The molecule has 1 aromatic carbocycles. The zero-order valence-electron chi connectivity index (χ0n) is 15.0. The van der Waals surface area contributed by atoms with Crippen molar-refractivity contribution < 1.29 is 18.0 Å². The number of rotatable bonds is 5. The summed E-state index contributed by atoms with van der Waals surface area (Å²) >= 11 is 0. The number of nitrogens with one attached hydrogen (secondary N) is 1. The van der Waals surface area contributed by atoms with Gasteiger partial charge in [0.2, 0.25) is 0 Å². The number of hydrogen-bond donors (Lipinski definition) is 1. The fourth-order valence-corrected chi connectivity index (χ4v) is 2.63. The lowest BCUT2D eigenvalue weighted by Crippen LogP contribution is -2.25. The molecule has 0 aliphatic heterocycles. The molecule has 1 N–H and O–H groups in total. The van der Waals surface area contributed by atoms with Crippen molar-refractivity contribution >= 4 is 11.6 Å². The molecule has 2 heterocycles. The van der Waals surface area contributed by atoms with Gasteiger partial charge in [0.1, 0.15) is 0 Å². The van der Waals surface area contributed by atoms with Crippen LogP contribution in [0.25, 0.3) is 16.9 Å². The summed E-state index contributed by atoms with van der Waals surface area (Å²) in [6.07, 6.45) is -2.96. The maximum absolute atomic E-state index is 13.5. The minimum absolute atomic E-state index is 0.0268. The van der Waals surface area contributed by atoms with E-state index in [0.717, 1.165) is 24.5 Å². The zero-order valence-corrected chi connectivity index (χ0v) is 15.0. The Hall–Kier alpha value is -2.90. The molecule has 0 atom stereocenters. The van der Waals surface area contributed by atoms with Gasteiger partial charge in [-0.25, -0.2) is 9.50 Å². The molecule has 3 aromatic rings. The van der Waals surface area contributed by atoms with Crippen LogP contribution in [0.15, 0.2) is 36.4 Å². The fourth-order valence-electron chi connectivity index (χ4n) is 2.63. The van der Waals surface area contributed by atoms with E-state index < -0.39 is 17.8 Å². The van der Waals surface area contributed by atoms with Crippen molar-refractivity contribution in [3.63, 3.8) is 0 Å². The zero-order chi connectivity index (χ0) is 19.6. The van der Waals surface area contributed by atoms with Crippen LogP contribution in [0, 0.1) is 6.92 Å². The summed E-state index contributed by atoms with van der Waals surface area (Å²) in [5.74, 6) is -0.515. The lowest BCUT2D eigenvalue weighted by molar-refractivity contribution is -0.142. The van der Waals surface area contributed by atoms with Crippen molar-refractivity contribution in [2.24, 2.45) is 0 Å². The SMILES string of the molecule is CCCCNC(=O)c1cc2nc(-c3ccc(C)cc3)cc(C(F)(F)F)n2n1. The number of unbranched alkanes of at least 4 members (excludes halogenated alkanes) is 1. The highest BCUT2D eigenvalue weighted by molar-refractivity contribution is 5.93. The van der Waals surface area contributed by atoms with Crippen LogP contribution in [0.4, 0.5) is 13.2 Å². The smallest absolute Gasteiger partial charge is 0.351 e. The highest BCUT2D eigenvalue weighted by atomic mass is 19.4. The number of carbonyl (C=O) groups is 1. The molecular weight excluding hydrogens is 357 g/mol. The van der Waals surface area contributed by atoms with Gasteiger partial charge < -0.3 is 5.32 Å². The molecule has 1 amide bonds. The molecule has 0 aliphatic carbocycles. The van der Waals surface area contributed by atoms with E-state index in [1.165, 1.54) is 6.07 Å². The number of hydrogen-bond acceptors (Lipinski definition) is 3. The quantitative estimate of drug-likeness (QED) is 0.677. The molecule has 0 saturated carbocycles. The van der Waals surface area contributed by atoms with Gasteiger partial charge in [-0.3, -0.25) is 4.79 Å². The van der Waals surface area contributed by atoms with Gasteiger partial charge in [0.15, 0.2) is 17.0 Å². The first-order chi connectivity index (χ1) is 12.8. The van der Waals surface area contributed by atoms with E-state index in [1.54, 1.807) is 24.3 Å². The first-order valence-electron chi connectivity index (χ1n) is 8.63. The van der Waals surface area contributed by atoms with E-state index in [0.29, 0.717) is 16.6 Å². The Balaban J connectivity index is 2.07. The molecule has 5 nitrogen and oxygen atoms in total. The summed E-state index contributed by atoms with van der Waals surface area (Å²) in [6, 6.07) is 9.25. The molecule has 0 bridgehead atoms. The predicted octanol–water partition coefficient (Wildman–Crippen LogP) is 4.25. The molecule has 8 heteroatoms. The normalized spacial score (nSPS) is 11.7. The molecule has 0 saturated heterocycles. The molecule has 0 spiro atoms. The maximum Gasteiger partial charge on any atom is 0.433 e. The van der Waals surface area contributed by atoms with E-state index in [9.17, 15) is 18.0 Å². The monoisotopic (exact) mass is 376 g/mol. The van der Waals surface area contributed by atoms with Crippen LogP contribution < -0.4 is 5.32 Å². The highest BCUT2D eigenvalue weighted by Gasteiger charge is 2.35. The molecule has 27 heavy (non-hydrogen) atoms. The molecule has 3 rings (SSSR count). The van der Waals surface area contributed by atoms with Crippen molar-refractivity contribution in [3.05, 3.63) is 53.3 Å². The summed E-state index contributed by atoms with van der Waals surface area (Å²) in [6.45, 7) is 4.31. The Bertz CT molecular complexity index is 961. The van der Waals surface area contributed by atoms with Gasteiger partial charge >= 0.3 is 6.18 Å². The van der Waals surface area contributed by atoms with E-state index in [4.69, 9.17) is 0 Å². The van der Waals surface area contributed by atoms with Crippen molar-refractivity contribution in [1.82, 2.24) is 19.9 Å². The highest BCUT2D eigenvalue weighted by Crippen LogP contribution is 2.32. The summed E-state index contributed by atoms with van der Waals surface area (Å²) in [7, 11) is 0. The minimum Gasteiger partial charge on any atom is -0.351 e. The van der Waals surface area contributed by atoms with Crippen LogP contribution in [0.2, 0.25) is 0 Å². The lowest BCUT2D eigenvalue weighted by atomic mass is 10.1. The molecule has 142 valence electrons. The number of halogens is 3. The van der Waals surface area contributed by atoms with E-state index in [-0.39, 0.29) is 17.0 Å². The number of aromatic nitrogens is 3. The molecular formula is C19H19F3N4O. The molecule has 2 aromatic heterocycles. The summed E-state index contributed by atoms with van der Waals surface area (Å²) in [5.41, 5.74) is 0.629. The van der Waals surface area contributed by atoms with E-state index >= 15 is 0 Å². The number of nitrogens with zero attached hydrogens (tertiary/aromatic N) is 3. The third-order valence-corrected chi connectivity index (χ3v) is 4.11. The molecule has 0 fully saturated rings. The Kier molecular flexibility index (Phi) is 5.16. The molecule has 0 unspecified atom stereocenters. The van der Waals surface area contributed by atoms with Gasteiger partial charge in [-0.15, -0.1) is 0 Å². The van der Waals surface area contributed by atoms with Crippen LogP contribution in [-0.2, 0) is 6.18 Å². The van der Waals surface area contributed by atoms with Crippen LogP contribution in [0.3, 0.4) is 0 Å². The van der Waals surface area contributed by atoms with Crippen molar-refractivity contribution in [1.29, 1.82) is 0 Å². The molecule has 0 radical (unpaired) electrons. The maximum atomic E-state index is 13.5. The van der Waals surface area contributed by atoms with Gasteiger partial charge in [0, 0.05) is 18.2 Å². The van der Waals surface area contributed by atoms with Crippen LogP contribution in [-0.4, -0.2) is 27.0 Å². The van der Waals surface area contributed by atoms with E-state index in [1.807, 2.05) is 13.8 Å². The van der Waals surface area contributed by atoms with Gasteiger partial charge in [-0.1, -0.05) is 43.2 Å². The Labute approximate surface area is 154 Å². The third kappa shape index (κ3) is 4.10. The van der Waals surface area contributed by atoms with Crippen LogP contribution in [0.5, 0.6) is 0 Å². The first kappa shape index (κ1) is 18.9. The lowest BCUT2D eigenvalue weighted by Gasteiger charge is -2.11. The second kappa shape index (κ2) is 7.38. The predicted molar refractivity (Wildman–Crippen MR) is 95.4 cm³/mol. The van der Waals surface area contributed by atoms with Crippen molar-refractivity contribution in [2.75, 3.05) is 6.54 Å². The molecule has 0 aliphatic rings. The average Bonchev–Trinajstić information content (AvgIpc) is 3.05. The summed E-state index contributed by atoms with van der Waals surface area (Å²) in [4.78, 5) is 16.4. The standard InChI is InChI=1S/C19H19F3N4O/c1-3-4-9-23-18(27)15-11-17-24-14(13-7-5-12(2)6-8-13)10-16(19(20,21)22)26(17)25-15/h5-8,10-11H,3-4,9H2,1-2H3,(H,23,27). The largest absolute Gasteiger partial charge is 0.433 e. The topological polar surface area (TPSA) is 59.3 Å². The van der Waals surface area contributed by atoms with Crippen LogP contribution in [0.1, 0.15) is 41.5 Å². The number of benzene rings is 1. The number of fused-ring (bicyclic) bond motifs is 1. The van der Waals surface area contributed by atoms with Crippen molar-refractivity contribution in [3.8, 4) is 11.3 Å². The second-order valence-corrected chi connectivity index (χ2v) is 6.30. The Morgan fingerprint density at radius 3 is 2.52 bits per heavy atom. The number of carbonyl (C=O) groups excluding carboxylic acids is 1. The number of alkyl halides is 3. The average molecular weight is 376 g/mol. The number of aryl methyl sites for hydroxylation is 1. The van der Waals surface area contributed by atoms with Crippen molar-refractivity contribution in [2.45, 2.75) is 32.9 Å². The minimum atomic E-state index is -4.64. The Morgan fingerprint density at radius 1 is 1.19 bits per heavy atom. The van der Waals surface area contributed by atoms with Gasteiger partial charge in [-0.2, -0.15) is 18.3 Å². The first-order valence-corrected chi connectivity index (χ1v) is 8.63.